The highest BCUT2D eigenvalue weighted by molar-refractivity contribution is 14.0. The van der Waals surface area contributed by atoms with E-state index in [1.165, 1.54) is 6.42 Å². The van der Waals surface area contributed by atoms with Crippen molar-refractivity contribution in [2.24, 2.45) is 10.9 Å². The Morgan fingerprint density at radius 1 is 1.15 bits per heavy atom. The van der Waals surface area contributed by atoms with Gasteiger partial charge in [0.05, 0.1) is 5.75 Å². The number of rotatable bonds is 9. The standard InChI is InChI=1S/C16H31N5O3S.HI/c1-2-17-16(19-13-15(22)21-9-3-4-10-21)18-8-11-25(23,24)20-12-14-6-5-7-14;/h14,20H,2-13H2,1H3,(H2,17,18,19);1H. The molecule has 10 heteroatoms. The first-order valence-electron chi connectivity index (χ1n) is 9.27. The van der Waals surface area contributed by atoms with Crippen molar-refractivity contribution < 1.29 is 13.2 Å². The summed E-state index contributed by atoms with van der Waals surface area (Å²) in [5.74, 6) is 0.983. The third kappa shape index (κ3) is 8.38. The summed E-state index contributed by atoms with van der Waals surface area (Å²) in [7, 11) is -3.28. The van der Waals surface area contributed by atoms with Gasteiger partial charge in [0, 0.05) is 32.7 Å². The summed E-state index contributed by atoms with van der Waals surface area (Å²) < 4.78 is 26.6. The fourth-order valence-electron chi connectivity index (χ4n) is 2.87. The van der Waals surface area contributed by atoms with Gasteiger partial charge >= 0.3 is 0 Å². The van der Waals surface area contributed by atoms with Crippen molar-refractivity contribution in [2.45, 2.75) is 39.0 Å². The predicted molar refractivity (Wildman–Crippen MR) is 114 cm³/mol. The van der Waals surface area contributed by atoms with Gasteiger partial charge in [-0.3, -0.25) is 4.79 Å². The average Bonchev–Trinajstić information content (AvgIpc) is 3.05. The number of likely N-dealkylation sites (tertiary alicyclic amines) is 1. The Kier molecular flexibility index (Phi) is 10.8. The molecular formula is C16H32IN5O3S. The lowest BCUT2D eigenvalue weighted by molar-refractivity contribution is -0.128. The lowest BCUT2D eigenvalue weighted by Crippen LogP contribution is -2.42. The molecule has 1 aliphatic carbocycles. The van der Waals surface area contributed by atoms with Gasteiger partial charge < -0.3 is 15.5 Å². The van der Waals surface area contributed by atoms with Crippen LogP contribution in [0, 0.1) is 5.92 Å². The van der Waals surface area contributed by atoms with E-state index in [1.807, 2.05) is 11.8 Å². The van der Waals surface area contributed by atoms with Crippen LogP contribution in [0.2, 0.25) is 0 Å². The van der Waals surface area contributed by atoms with E-state index in [-0.39, 0.29) is 48.7 Å². The quantitative estimate of drug-likeness (QED) is 0.243. The minimum absolute atomic E-state index is 0. The molecule has 1 saturated carbocycles. The number of hydrogen-bond acceptors (Lipinski definition) is 4. The first-order valence-corrected chi connectivity index (χ1v) is 10.9. The maximum atomic E-state index is 12.0. The van der Waals surface area contributed by atoms with E-state index < -0.39 is 10.0 Å². The number of nitrogens with one attached hydrogen (secondary N) is 3. The fraction of sp³-hybridized carbons (Fsp3) is 0.875. The van der Waals surface area contributed by atoms with Gasteiger partial charge in [0.2, 0.25) is 15.9 Å². The molecule has 0 aromatic heterocycles. The SMILES string of the molecule is CCNC(=NCC(=O)N1CCCC1)NCCS(=O)(=O)NCC1CCC1.I. The first kappa shape index (κ1) is 23.4. The Morgan fingerprint density at radius 3 is 2.42 bits per heavy atom. The highest BCUT2D eigenvalue weighted by Gasteiger charge is 2.20. The number of carbonyl (C=O) groups excluding carboxylic acids is 1. The Labute approximate surface area is 174 Å². The van der Waals surface area contributed by atoms with Crippen molar-refractivity contribution in [1.82, 2.24) is 20.3 Å². The summed E-state index contributed by atoms with van der Waals surface area (Å²) in [6, 6.07) is 0. The second-order valence-electron chi connectivity index (χ2n) is 6.67. The Balaban J connectivity index is 0.00000338. The third-order valence-electron chi connectivity index (χ3n) is 4.66. The van der Waals surface area contributed by atoms with Crippen LogP contribution in [-0.4, -0.2) is 70.2 Å². The fourth-order valence-corrected chi connectivity index (χ4v) is 3.88. The van der Waals surface area contributed by atoms with Crippen molar-refractivity contribution in [3.63, 3.8) is 0 Å². The zero-order chi connectivity index (χ0) is 18.1. The van der Waals surface area contributed by atoms with Crippen molar-refractivity contribution >= 4 is 45.9 Å². The predicted octanol–water partition coefficient (Wildman–Crippen LogP) is 0.501. The van der Waals surface area contributed by atoms with E-state index in [0.29, 0.717) is 25.0 Å². The summed E-state index contributed by atoms with van der Waals surface area (Å²) in [5.41, 5.74) is 0. The molecule has 1 saturated heterocycles. The molecule has 0 aromatic rings. The molecule has 3 N–H and O–H groups in total. The Hall–Kier alpha value is -0.620. The Morgan fingerprint density at radius 2 is 1.85 bits per heavy atom. The van der Waals surface area contributed by atoms with Crippen molar-refractivity contribution in [2.75, 3.05) is 45.0 Å². The summed E-state index contributed by atoms with van der Waals surface area (Å²) in [6.45, 7) is 5.08. The van der Waals surface area contributed by atoms with Crippen molar-refractivity contribution in [1.29, 1.82) is 0 Å². The van der Waals surface area contributed by atoms with Crippen LogP contribution in [0.25, 0.3) is 0 Å². The maximum Gasteiger partial charge on any atom is 0.244 e. The van der Waals surface area contributed by atoms with E-state index in [0.717, 1.165) is 38.8 Å². The lowest BCUT2D eigenvalue weighted by atomic mass is 9.86. The average molecular weight is 501 g/mol. The molecule has 0 spiro atoms. The number of sulfonamides is 1. The van der Waals surface area contributed by atoms with E-state index in [4.69, 9.17) is 0 Å². The molecule has 152 valence electrons. The first-order chi connectivity index (χ1) is 12.0. The van der Waals surface area contributed by atoms with Gasteiger partial charge in [-0.15, -0.1) is 24.0 Å². The molecular weight excluding hydrogens is 469 g/mol. The smallest absolute Gasteiger partial charge is 0.244 e. The van der Waals surface area contributed by atoms with Crippen LogP contribution in [0.1, 0.15) is 39.0 Å². The molecule has 0 radical (unpaired) electrons. The van der Waals surface area contributed by atoms with Crippen LogP contribution in [0.5, 0.6) is 0 Å². The van der Waals surface area contributed by atoms with E-state index in [1.54, 1.807) is 0 Å². The molecule has 2 rings (SSSR count). The summed E-state index contributed by atoms with van der Waals surface area (Å²) in [6.07, 6.45) is 5.54. The van der Waals surface area contributed by atoms with E-state index in [9.17, 15) is 13.2 Å². The summed E-state index contributed by atoms with van der Waals surface area (Å²) in [5, 5.41) is 6.02. The zero-order valence-electron chi connectivity index (χ0n) is 15.5. The van der Waals surface area contributed by atoms with Gasteiger partial charge in [-0.05, 0) is 38.5 Å². The number of guanidine groups is 1. The molecule has 2 fully saturated rings. The number of carbonyl (C=O) groups is 1. The molecule has 0 bridgehead atoms. The van der Waals surface area contributed by atoms with Gasteiger partial charge in [-0.1, -0.05) is 6.42 Å². The Bertz CT molecular complexity index is 560. The van der Waals surface area contributed by atoms with Crippen LogP contribution in [0.15, 0.2) is 4.99 Å². The van der Waals surface area contributed by atoms with Crippen LogP contribution >= 0.6 is 24.0 Å². The number of hydrogen-bond donors (Lipinski definition) is 3. The molecule has 26 heavy (non-hydrogen) atoms. The van der Waals surface area contributed by atoms with E-state index in [2.05, 4.69) is 20.3 Å². The highest BCUT2D eigenvalue weighted by Crippen LogP contribution is 2.25. The van der Waals surface area contributed by atoms with Crippen LogP contribution in [0.4, 0.5) is 0 Å². The molecule has 1 heterocycles. The highest BCUT2D eigenvalue weighted by atomic mass is 127. The molecule has 8 nitrogen and oxygen atoms in total. The number of nitrogens with zero attached hydrogens (tertiary/aromatic N) is 2. The topological polar surface area (TPSA) is 103 Å². The molecule has 0 unspecified atom stereocenters. The second kappa shape index (κ2) is 12.0. The minimum atomic E-state index is -3.28. The lowest BCUT2D eigenvalue weighted by Gasteiger charge is -2.25. The van der Waals surface area contributed by atoms with Gasteiger partial charge in [0.25, 0.3) is 0 Å². The number of aliphatic imine (C=N–C) groups is 1. The zero-order valence-corrected chi connectivity index (χ0v) is 18.6. The van der Waals surface area contributed by atoms with Crippen LogP contribution < -0.4 is 15.4 Å². The van der Waals surface area contributed by atoms with Gasteiger partial charge in [-0.2, -0.15) is 0 Å². The van der Waals surface area contributed by atoms with Gasteiger partial charge in [-0.25, -0.2) is 18.1 Å². The molecule has 2 aliphatic rings. The van der Waals surface area contributed by atoms with E-state index >= 15 is 0 Å². The second-order valence-corrected chi connectivity index (χ2v) is 8.60. The normalized spacial score (nSPS) is 18.2. The third-order valence-corrected chi connectivity index (χ3v) is 6.00. The monoisotopic (exact) mass is 501 g/mol. The van der Waals surface area contributed by atoms with Gasteiger partial charge in [0.15, 0.2) is 5.96 Å². The number of halogens is 1. The molecule has 0 aromatic carbocycles. The largest absolute Gasteiger partial charge is 0.357 e. The number of amides is 1. The van der Waals surface area contributed by atoms with Gasteiger partial charge in [0.1, 0.15) is 6.54 Å². The van der Waals surface area contributed by atoms with Crippen molar-refractivity contribution in [3.05, 3.63) is 0 Å². The maximum absolute atomic E-state index is 12.0. The van der Waals surface area contributed by atoms with Crippen LogP contribution in [-0.2, 0) is 14.8 Å². The van der Waals surface area contributed by atoms with Crippen molar-refractivity contribution in [3.8, 4) is 0 Å². The summed E-state index contributed by atoms with van der Waals surface area (Å²) >= 11 is 0. The van der Waals surface area contributed by atoms with Crippen LogP contribution in [0.3, 0.4) is 0 Å². The molecule has 1 amide bonds. The molecule has 1 aliphatic heterocycles. The minimum Gasteiger partial charge on any atom is -0.357 e. The summed E-state index contributed by atoms with van der Waals surface area (Å²) in [4.78, 5) is 18.1. The molecule has 0 atom stereocenters.